The molecule has 0 aliphatic carbocycles. The predicted molar refractivity (Wildman–Crippen MR) is 348 cm³/mol. The van der Waals surface area contributed by atoms with Gasteiger partial charge >= 0.3 is 23.9 Å². The molecule has 1 saturated heterocycles. The summed E-state index contributed by atoms with van der Waals surface area (Å²) in [5.74, 6) is -3.36. The molecular weight excluding hydrogens is 1070 g/mol. The number of allylic oxidation sites excluding steroid dienone is 28. The predicted octanol–water partition coefficient (Wildman–Crippen LogP) is 17.5. The summed E-state index contributed by atoms with van der Waals surface area (Å²) < 4.78 is 28.3. The molecule has 85 heavy (non-hydrogen) atoms. The van der Waals surface area contributed by atoms with Gasteiger partial charge in [-0.05, 0) is 135 Å². The Bertz CT molecular complexity index is 2130. The van der Waals surface area contributed by atoms with Crippen molar-refractivity contribution in [2.75, 3.05) is 13.2 Å². The van der Waals surface area contributed by atoms with Gasteiger partial charge in [0, 0.05) is 19.3 Å². The summed E-state index contributed by atoms with van der Waals surface area (Å²) in [6, 6.07) is 0. The van der Waals surface area contributed by atoms with Crippen LogP contribution in [0.4, 0.5) is 0 Å². The first-order chi connectivity index (χ1) is 41.6. The van der Waals surface area contributed by atoms with E-state index < -0.39 is 67.3 Å². The van der Waals surface area contributed by atoms with Gasteiger partial charge in [0.15, 0.2) is 24.6 Å². The van der Waals surface area contributed by atoms with Crippen LogP contribution in [-0.2, 0) is 42.9 Å². The molecule has 0 spiro atoms. The van der Waals surface area contributed by atoms with Crippen molar-refractivity contribution in [3.63, 3.8) is 0 Å². The molecule has 12 nitrogen and oxygen atoms in total. The van der Waals surface area contributed by atoms with Crippen LogP contribution < -0.4 is 0 Å². The maximum absolute atomic E-state index is 13.2. The molecule has 474 valence electrons. The van der Waals surface area contributed by atoms with Crippen molar-refractivity contribution in [3.8, 4) is 0 Å². The van der Waals surface area contributed by atoms with E-state index in [2.05, 4.69) is 161 Å². The third-order valence-electron chi connectivity index (χ3n) is 13.3. The Labute approximate surface area is 513 Å². The van der Waals surface area contributed by atoms with Crippen molar-refractivity contribution in [1.82, 2.24) is 0 Å². The number of carboxylic acids is 1. The molecule has 1 rings (SSSR count). The summed E-state index contributed by atoms with van der Waals surface area (Å²) in [5.41, 5.74) is 0. The van der Waals surface area contributed by atoms with Gasteiger partial charge in [0.1, 0.15) is 18.8 Å². The van der Waals surface area contributed by atoms with Crippen LogP contribution in [0, 0.1) is 0 Å². The smallest absolute Gasteiger partial charge is 0.335 e. The van der Waals surface area contributed by atoms with Gasteiger partial charge in [0.2, 0.25) is 0 Å². The van der Waals surface area contributed by atoms with E-state index in [4.69, 9.17) is 23.7 Å². The lowest BCUT2D eigenvalue weighted by molar-refractivity contribution is -0.301. The zero-order chi connectivity index (χ0) is 61.7. The first kappa shape index (κ1) is 77.1. The van der Waals surface area contributed by atoms with Crippen molar-refractivity contribution in [2.24, 2.45) is 0 Å². The Hall–Kier alpha value is -5.92. The highest BCUT2D eigenvalue weighted by Gasteiger charge is 2.50. The van der Waals surface area contributed by atoms with Crippen molar-refractivity contribution in [3.05, 3.63) is 170 Å². The summed E-state index contributed by atoms with van der Waals surface area (Å²) in [7, 11) is 0. The number of hydrogen-bond acceptors (Lipinski definition) is 11. The zero-order valence-electron chi connectivity index (χ0n) is 52.3. The summed E-state index contributed by atoms with van der Waals surface area (Å²) in [6.45, 7) is 5.64. The van der Waals surface area contributed by atoms with E-state index in [0.717, 1.165) is 116 Å². The van der Waals surface area contributed by atoms with E-state index in [9.17, 15) is 34.5 Å². The highest BCUT2D eigenvalue weighted by molar-refractivity contribution is 5.74. The van der Waals surface area contributed by atoms with Crippen molar-refractivity contribution in [2.45, 2.75) is 250 Å². The summed E-state index contributed by atoms with van der Waals surface area (Å²) in [5, 5.41) is 31.6. The second kappa shape index (κ2) is 58.5. The molecule has 0 saturated carbocycles. The molecule has 6 atom stereocenters. The van der Waals surface area contributed by atoms with Gasteiger partial charge in [-0.25, -0.2) is 4.79 Å². The molecule has 1 aliphatic heterocycles. The Kier molecular flexibility index (Phi) is 53.0. The molecule has 3 N–H and O–H groups in total. The molecule has 0 aromatic rings. The second-order valence-corrected chi connectivity index (χ2v) is 20.9. The minimum Gasteiger partial charge on any atom is -0.479 e. The Morgan fingerprint density at radius 2 is 0.776 bits per heavy atom. The Morgan fingerprint density at radius 3 is 1.21 bits per heavy atom. The van der Waals surface area contributed by atoms with E-state index in [1.807, 2.05) is 30.4 Å². The number of hydrogen-bond donors (Lipinski definition) is 3. The summed E-state index contributed by atoms with van der Waals surface area (Å²) >= 11 is 0. The fraction of sp³-hybridized carbons (Fsp3) is 0.562. The van der Waals surface area contributed by atoms with Crippen LogP contribution in [0.15, 0.2) is 170 Å². The van der Waals surface area contributed by atoms with E-state index in [1.165, 1.54) is 25.7 Å². The fourth-order valence-corrected chi connectivity index (χ4v) is 8.43. The first-order valence-corrected chi connectivity index (χ1v) is 32.1. The van der Waals surface area contributed by atoms with Crippen LogP contribution in [-0.4, -0.2) is 89.2 Å². The number of carbonyl (C=O) groups is 4. The van der Waals surface area contributed by atoms with E-state index in [0.29, 0.717) is 32.1 Å². The monoisotopic (exact) mass is 1180 g/mol. The lowest BCUT2D eigenvalue weighted by Crippen LogP contribution is -2.61. The molecule has 6 unspecified atom stereocenters. The van der Waals surface area contributed by atoms with Crippen LogP contribution in [0.1, 0.15) is 213 Å². The maximum Gasteiger partial charge on any atom is 0.335 e. The number of esters is 3. The van der Waals surface area contributed by atoms with Crippen LogP contribution >= 0.6 is 0 Å². The van der Waals surface area contributed by atoms with E-state index in [1.54, 1.807) is 0 Å². The van der Waals surface area contributed by atoms with Crippen molar-refractivity contribution >= 4 is 23.9 Å². The topological polar surface area (TPSA) is 175 Å². The van der Waals surface area contributed by atoms with E-state index >= 15 is 0 Å². The summed E-state index contributed by atoms with van der Waals surface area (Å²) in [6.07, 6.45) is 74.7. The highest BCUT2D eigenvalue weighted by atomic mass is 16.7. The quantitative estimate of drug-likeness (QED) is 0.0228. The Morgan fingerprint density at radius 1 is 0.400 bits per heavy atom. The fourth-order valence-electron chi connectivity index (χ4n) is 8.43. The molecule has 1 fully saturated rings. The molecule has 0 bridgehead atoms. The van der Waals surface area contributed by atoms with Crippen LogP contribution in [0.3, 0.4) is 0 Å². The van der Waals surface area contributed by atoms with Gasteiger partial charge < -0.3 is 39.0 Å². The first-order valence-electron chi connectivity index (χ1n) is 32.1. The number of rotatable bonds is 52. The summed E-state index contributed by atoms with van der Waals surface area (Å²) in [4.78, 5) is 51.3. The zero-order valence-corrected chi connectivity index (χ0v) is 52.3. The maximum atomic E-state index is 13.2. The average Bonchev–Trinajstić information content (AvgIpc) is 2.79. The van der Waals surface area contributed by atoms with Crippen LogP contribution in [0.5, 0.6) is 0 Å². The standard InChI is InChI=1S/C73H110O12/c1-4-7-10-13-16-19-22-25-28-31-33-36-38-41-44-47-50-53-56-59-65(74)81-62-64(83-66(75)60-57-54-51-48-45-42-39-35-30-27-24-21-18-15-12-9-6-3)63-82-73-71(69(78)68(77)70(85-73)72(79)80)84-67(76)61-58-55-52-49-46-43-40-37-34-32-29-26-23-20-17-14-11-8-5-2/h8-9,11-12,16-21,25-30,33-34,36-37,39,42-43,46,48,51-52,55,64,68-71,73,77-78H,4-7,10,13-15,22-24,31-32,35,38,40-41,44-45,47,49-50,53-54,56-63H2,1-3H3,(H,79,80)/b11-8-,12-9-,19-16-,20-17-,21-18-,28-25-,29-26-,30-27-,36-33-,37-34-,42-39-,46-43-,51-48-,55-52-. The number of ether oxygens (including phenoxy) is 5. The second-order valence-electron chi connectivity index (χ2n) is 20.9. The number of unbranched alkanes of at least 4 members (excludes halogenated alkanes) is 10. The number of aliphatic hydroxyl groups excluding tert-OH is 2. The van der Waals surface area contributed by atoms with Gasteiger partial charge in [-0.3, -0.25) is 14.4 Å². The molecule has 12 heteroatoms. The number of carbonyl (C=O) groups excluding carboxylic acids is 3. The van der Waals surface area contributed by atoms with Gasteiger partial charge in [-0.2, -0.15) is 0 Å². The molecule has 0 aromatic heterocycles. The Balaban J connectivity index is 2.77. The molecule has 0 radical (unpaired) electrons. The molecular formula is C73H110O12. The van der Waals surface area contributed by atoms with Gasteiger partial charge in [0.25, 0.3) is 0 Å². The molecule has 0 amide bonds. The van der Waals surface area contributed by atoms with E-state index in [-0.39, 0.29) is 25.9 Å². The van der Waals surface area contributed by atoms with Crippen molar-refractivity contribution in [1.29, 1.82) is 0 Å². The molecule has 1 heterocycles. The van der Waals surface area contributed by atoms with Gasteiger partial charge in [-0.15, -0.1) is 0 Å². The average molecular weight is 1180 g/mol. The SMILES string of the molecule is CC/C=C\C/C=C\C/C=C\C/C=C\C/C=C\C/C=C\CCC(=O)OC1C(OCC(COC(=O)CCCCCCCC/C=C\C/C=C\C/C=C\CCCCC)OC(=O)CCC/C=C\C/C=C\C/C=C\C/C=C\C/C=C\CC)OC(C(=O)O)C(O)C1O. The number of aliphatic carboxylic acids is 1. The largest absolute Gasteiger partial charge is 0.479 e. The minimum atomic E-state index is -1.95. The molecule has 0 aromatic carbocycles. The third kappa shape index (κ3) is 48.0. The third-order valence-corrected chi connectivity index (χ3v) is 13.3. The van der Waals surface area contributed by atoms with Gasteiger partial charge in [-0.1, -0.05) is 229 Å². The highest BCUT2D eigenvalue weighted by Crippen LogP contribution is 2.26. The van der Waals surface area contributed by atoms with Gasteiger partial charge in [0.05, 0.1) is 6.61 Å². The number of carboxylic acid groups (broad SMARTS) is 1. The van der Waals surface area contributed by atoms with Crippen LogP contribution in [0.2, 0.25) is 0 Å². The van der Waals surface area contributed by atoms with Crippen molar-refractivity contribution < 1.29 is 58.2 Å². The minimum absolute atomic E-state index is 0.0622. The lowest BCUT2D eigenvalue weighted by atomic mass is 9.98. The number of aliphatic hydroxyl groups is 2. The lowest BCUT2D eigenvalue weighted by Gasteiger charge is -2.40. The van der Waals surface area contributed by atoms with Crippen LogP contribution in [0.25, 0.3) is 0 Å². The molecule has 1 aliphatic rings. The normalized spacial score (nSPS) is 18.6.